The molecule has 1 aromatic carbocycles. The van der Waals surface area contributed by atoms with Crippen molar-refractivity contribution >= 4 is 34.4 Å². The third kappa shape index (κ3) is 3.88. The third-order valence-corrected chi connectivity index (χ3v) is 4.42. The molecule has 1 aliphatic rings. The van der Waals surface area contributed by atoms with E-state index < -0.39 is 5.76 Å². The van der Waals surface area contributed by atoms with E-state index in [1.54, 1.807) is 30.0 Å². The summed E-state index contributed by atoms with van der Waals surface area (Å²) in [6.07, 6.45) is 0. The maximum absolute atomic E-state index is 12.4. The topological polar surface area (TPSA) is 24.4 Å². The highest BCUT2D eigenvalue weighted by atomic mass is 32.2. The summed E-state index contributed by atoms with van der Waals surface area (Å²) in [5, 5.41) is 3.95. The number of nitrogens with zero attached hydrogens (tertiary/aromatic N) is 1. The van der Waals surface area contributed by atoms with Crippen LogP contribution in [0.3, 0.4) is 0 Å². The van der Waals surface area contributed by atoms with Gasteiger partial charge in [0.2, 0.25) is 0 Å². The number of alkyl halides is 2. The number of rotatable bonds is 3. The van der Waals surface area contributed by atoms with Gasteiger partial charge >= 0.3 is 0 Å². The molecule has 0 saturated heterocycles. The number of anilines is 1. The minimum atomic E-state index is -2.41. The van der Waals surface area contributed by atoms with Crippen molar-refractivity contribution in [3.63, 3.8) is 0 Å². The highest BCUT2D eigenvalue weighted by Crippen LogP contribution is 2.32. The molecule has 1 heterocycles. The van der Waals surface area contributed by atoms with Crippen molar-refractivity contribution in [1.82, 2.24) is 0 Å². The molecule has 18 heavy (non-hydrogen) atoms. The van der Waals surface area contributed by atoms with Crippen LogP contribution >= 0.6 is 23.5 Å². The lowest BCUT2D eigenvalue weighted by Crippen LogP contribution is -2.19. The van der Waals surface area contributed by atoms with Crippen LogP contribution < -0.4 is 5.32 Å². The van der Waals surface area contributed by atoms with Gasteiger partial charge in [-0.25, -0.2) is 0 Å². The Kier molecular flexibility index (Phi) is 4.88. The molecule has 1 N–H and O–H groups in total. The molecule has 0 bridgehead atoms. The average Bonchev–Trinajstić information content (AvgIpc) is 2.34. The van der Waals surface area contributed by atoms with E-state index in [2.05, 4.69) is 17.2 Å². The summed E-state index contributed by atoms with van der Waals surface area (Å²) in [7, 11) is 0. The first-order valence-corrected chi connectivity index (χ1v) is 7.50. The lowest BCUT2D eigenvalue weighted by molar-refractivity contribution is 0.252. The van der Waals surface area contributed by atoms with Crippen molar-refractivity contribution < 1.29 is 8.78 Å². The van der Waals surface area contributed by atoms with Gasteiger partial charge < -0.3 is 5.32 Å². The van der Waals surface area contributed by atoms with Crippen LogP contribution in [0, 0.1) is 5.92 Å². The second kappa shape index (κ2) is 6.43. The van der Waals surface area contributed by atoms with Gasteiger partial charge in [0, 0.05) is 17.2 Å². The highest BCUT2D eigenvalue weighted by Gasteiger charge is 2.14. The number of aliphatic imine (C=N–C) groups is 1. The summed E-state index contributed by atoms with van der Waals surface area (Å²) < 4.78 is 24.9. The molecule has 0 spiro atoms. The van der Waals surface area contributed by atoms with Crippen LogP contribution in [0.1, 0.15) is 6.92 Å². The van der Waals surface area contributed by atoms with Crippen LogP contribution in [0.25, 0.3) is 0 Å². The van der Waals surface area contributed by atoms with Gasteiger partial charge in [-0.15, -0.1) is 0 Å². The van der Waals surface area contributed by atoms with Crippen LogP contribution in [0.4, 0.5) is 14.5 Å². The molecule has 2 nitrogen and oxygen atoms in total. The Hall–Kier alpha value is -0.750. The number of para-hydroxylation sites is 1. The Bertz CT molecular complexity index is 438. The predicted molar refractivity (Wildman–Crippen MR) is 75.8 cm³/mol. The van der Waals surface area contributed by atoms with E-state index >= 15 is 0 Å². The molecule has 1 atom stereocenters. The maximum Gasteiger partial charge on any atom is 0.288 e. The van der Waals surface area contributed by atoms with E-state index in [0.29, 0.717) is 28.3 Å². The zero-order chi connectivity index (χ0) is 13.0. The van der Waals surface area contributed by atoms with E-state index in [0.717, 1.165) is 17.5 Å². The van der Waals surface area contributed by atoms with Crippen LogP contribution in [0.2, 0.25) is 0 Å². The van der Waals surface area contributed by atoms with E-state index in [4.69, 9.17) is 0 Å². The van der Waals surface area contributed by atoms with Crippen LogP contribution in [-0.2, 0) is 0 Å². The predicted octanol–water partition coefficient (Wildman–Crippen LogP) is 4.15. The van der Waals surface area contributed by atoms with Gasteiger partial charge in [0.25, 0.3) is 5.76 Å². The summed E-state index contributed by atoms with van der Waals surface area (Å²) in [6.45, 7) is 2.94. The number of amidine groups is 1. The van der Waals surface area contributed by atoms with Gasteiger partial charge in [-0.1, -0.05) is 42.6 Å². The van der Waals surface area contributed by atoms with Crippen molar-refractivity contribution in [2.24, 2.45) is 10.9 Å². The standard InChI is InChI=1S/C12H14F2N2S2/c1-8-6-15-12(17-7-8)16-9-4-2-3-5-10(9)18-11(13)14/h2-5,8,11H,6-7H2,1H3,(H,15,16). The van der Waals surface area contributed by atoms with Gasteiger partial charge in [-0.2, -0.15) is 8.78 Å². The molecular formula is C12H14F2N2S2. The first-order valence-electron chi connectivity index (χ1n) is 5.63. The summed E-state index contributed by atoms with van der Waals surface area (Å²) in [5.41, 5.74) is 0.698. The lowest BCUT2D eigenvalue weighted by atomic mass is 10.2. The molecule has 6 heteroatoms. The van der Waals surface area contributed by atoms with Gasteiger partial charge in [-0.05, 0) is 18.1 Å². The third-order valence-electron chi connectivity index (χ3n) is 2.40. The second-order valence-electron chi connectivity index (χ2n) is 4.06. The Balaban J connectivity index is 2.09. The largest absolute Gasteiger partial charge is 0.334 e. The maximum atomic E-state index is 12.4. The zero-order valence-electron chi connectivity index (χ0n) is 9.90. The zero-order valence-corrected chi connectivity index (χ0v) is 11.5. The fourth-order valence-electron chi connectivity index (χ4n) is 1.52. The van der Waals surface area contributed by atoms with Crippen LogP contribution in [0.5, 0.6) is 0 Å². The van der Waals surface area contributed by atoms with E-state index in [1.807, 2.05) is 6.07 Å². The fraction of sp³-hybridized carbons (Fsp3) is 0.417. The normalized spacial score (nSPS) is 19.8. The molecule has 0 aliphatic carbocycles. The lowest BCUT2D eigenvalue weighted by Gasteiger charge is -2.19. The van der Waals surface area contributed by atoms with Crippen molar-refractivity contribution in [3.05, 3.63) is 24.3 Å². The smallest absolute Gasteiger partial charge is 0.288 e. The number of thioether (sulfide) groups is 2. The minimum Gasteiger partial charge on any atom is -0.334 e. The molecule has 1 aliphatic heterocycles. The number of hydrogen-bond acceptors (Lipinski definition) is 4. The number of benzene rings is 1. The monoisotopic (exact) mass is 288 g/mol. The average molecular weight is 288 g/mol. The van der Waals surface area contributed by atoms with Gasteiger partial charge in [0.1, 0.15) is 0 Å². The molecule has 0 amide bonds. The Labute approximate surface area is 114 Å². The number of hydrogen-bond donors (Lipinski definition) is 1. The van der Waals surface area contributed by atoms with E-state index in [-0.39, 0.29) is 0 Å². The van der Waals surface area contributed by atoms with Crippen LogP contribution in [0.15, 0.2) is 34.2 Å². The molecule has 1 aromatic rings. The van der Waals surface area contributed by atoms with Gasteiger partial charge in [0.05, 0.1) is 5.69 Å². The van der Waals surface area contributed by atoms with Crippen LogP contribution in [-0.4, -0.2) is 23.2 Å². The second-order valence-corrected chi connectivity index (χ2v) is 6.10. The minimum absolute atomic E-state index is 0.550. The summed E-state index contributed by atoms with van der Waals surface area (Å²) in [4.78, 5) is 4.95. The highest BCUT2D eigenvalue weighted by molar-refractivity contribution is 8.14. The molecule has 98 valence electrons. The van der Waals surface area contributed by atoms with Gasteiger partial charge in [-0.3, -0.25) is 4.99 Å². The summed E-state index contributed by atoms with van der Waals surface area (Å²) >= 11 is 2.19. The molecule has 0 fully saturated rings. The molecule has 0 radical (unpaired) electrons. The Morgan fingerprint density at radius 1 is 1.44 bits per heavy atom. The summed E-state index contributed by atoms with van der Waals surface area (Å²) in [6, 6.07) is 7.07. The number of halogens is 2. The number of nitrogens with one attached hydrogen (secondary N) is 1. The van der Waals surface area contributed by atoms with Crippen molar-refractivity contribution in [2.75, 3.05) is 17.6 Å². The van der Waals surface area contributed by atoms with Crippen molar-refractivity contribution in [3.8, 4) is 0 Å². The first kappa shape index (κ1) is 13.7. The first-order chi connectivity index (χ1) is 8.65. The molecule has 0 aromatic heterocycles. The fourth-order valence-corrected chi connectivity index (χ4v) is 3.01. The van der Waals surface area contributed by atoms with E-state index in [1.165, 1.54) is 0 Å². The molecular weight excluding hydrogens is 274 g/mol. The van der Waals surface area contributed by atoms with Crippen molar-refractivity contribution in [2.45, 2.75) is 17.6 Å². The van der Waals surface area contributed by atoms with Crippen molar-refractivity contribution in [1.29, 1.82) is 0 Å². The van der Waals surface area contributed by atoms with E-state index in [9.17, 15) is 8.78 Å². The molecule has 0 saturated carbocycles. The van der Waals surface area contributed by atoms with Gasteiger partial charge in [0.15, 0.2) is 5.17 Å². The quantitative estimate of drug-likeness (QED) is 0.845. The Morgan fingerprint density at radius 3 is 2.89 bits per heavy atom. The Morgan fingerprint density at radius 2 is 2.22 bits per heavy atom. The molecule has 1 unspecified atom stereocenters. The SMILES string of the molecule is CC1CN=C(Nc2ccccc2SC(F)F)SC1. The molecule has 2 rings (SSSR count). The summed E-state index contributed by atoms with van der Waals surface area (Å²) in [5.74, 6) is -0.823.